The van der Waals surface area contributed by atoms with Gasteiger partial charge in [-0.1, -0.05) is 6.58 Å². The lowest BCUT2D eigenvalue weighted by Crippen LogP contribution is -2.55. The molecule has 0 aromatic carbocycles. The number of carbonyl (C=O) groups excluding carboxylic acids is 1. The molecule has 1 amide bonds. The highest BCUT2D eigenvalue weighted by molar-refractivity contribution is 7.85. The number of nitrogens with zero attached hydrogens (tertiary/aromatic N) is 1. The van der Waals surface area contributed by atoms with E-state index in [1.807, 2.05) is 13.8 Å². The molecule has 0 fully saturated rings. The fraction of sp³-hybridized carbons (Fsp3) is 0.750. The van der Waals surface area contributed by atoms with Gasteiger partial charge in [0.15, 0.2) is 6.67 Å². The van der Waals surface area contributed by atoms with E-state index in [-0.39, 0.29) is 11.7 Å². The van der Waals surface area contributed by atoms with Crippen LogP contribution in [0, 0.1) is 0 Å². The standard InChI is InChI=1S/C12H24N2O4S/c1-5-14(6-2,8-7-9-19(16,17)18)10-13-12(15)11(3)4/h3,5-10H2,1-2,4H3,(H-,13,15,16,17,18). The van der Waals surface area contributed by atoms with E-state index >= 15 is 0 Å². The molecular formula is C12H24N2O4S. The van der Waals surface area contributed by atoms with Gasteiger partial charge in [-0.15, -0.1) is 0 Å². The van der Waals surface area contributed by atoms with E-state index in [1.54, 1.807) is 6.92 Å². The molecule has 0 saturated carbocycles. The first-order chi connectivity index (χ1) is 8.66. The van der Waals surface area contributed by atoms with Crippen LogP contribution in [0.4, 0.5) is 0 Å². The smallest absolute Gasteiger partial charge is 0.250 e. The number of hydrogen-bond donors (Lipinski definition) is 1. The second-order valence-corrected chi connectivity index (χ2v) is 6.28. The molecule has 112 valence electrons. The first-order valence-electron chi connectivity index (χ1n) is 6.38. The largest absolute Gasteiger partial charge is 0.748 e. The molecule has 0 spiro atoms. The van der Waals surface area contributed by atoms with Crippen molar-refractivity contribution in [3.05, 3.63) is 12.2 Å². The Morgan fingerprint density at radius 2 is 1.84 bits per heavy atom. The summed E-state index contributed by atoms with van der Waals surface area (Å²) in [7, 11) is -4.17. The van der Waals surface area contributed by atoms with Crippen molar-refractivity contribution in [3.8, 4) is 0 Å². The maximum Gasteiger partial charge on any atom is 0.250 e. The Kier molecular flexibility index (Phi) is 7.25. The molecule has 0 aliphatic carbocycles. The molecule has 19 heavy (non-hydrogen) atoms. The minimum atomic E-state index is -4.17. The van der Waals surface area contributed by atoms with Gasteiger partial charge in [-0.05, 0) is 20.8 Å². The summed E-state index contributed by atoms with van der Waals surface area (Å²) in [5.41, 5.74) is 0.437. The van der Waals surface area contributed by atoms with E-state index in [0.717, 1.165) is 13.1 Å². The average molecular weight is 292 g/mol. The van der Waals surface area contributed by atoms with Crippen LogP contribution >= 0.6 is 0 Å². The molecule has 7 heteroatoms. The Morgan fingerprint density at radius 3 is 2.21 bits per heavy atom. The highest BCUT2D eigenvalue weighted by Crippen LogP contribution is 2.07. The molecule has 0 aromatic heterocycles. The highest BCUT2D eigenvalue weighted by atomic mass is 32.2. The van der Waals surface area contributed by atoms with Gasteiger partial charge < -0.3 is 14.4 Å². The maximum atomic E-state index is 11.5. The normalized spacial score (nSPS) is 12.2. The van der Waals surface area contributed by atoms with Crippen molar-refractivity contribution >= 4 is 16.0 Å². The monoisotopic (exact) mass is 292 g/mol. The molecule has 0 radical (unpaired) electrons. The predicted molar refractivity (Wildman–Crippen MR) is 73.2 cm³/mol. The van der Waals surface area contributed by atoms with Crippen LogP contribution in [0.25, 0.3) is 0 Å². The van der Waals surface area contributed by atoms with E-state index < -0.39 is 10.1 Å². The van der Waals surface area contributed by atoms with Gasteiger partial charge in [0.1, 0.15) is 0 Å². The van der Waals surface area contributed by atoms with E-state index in [4.69, 9.17) is 0 Å². The van der Waals surface area contributed by atoms with Crippen LogP contribution in [0.2, 0.25) is 0 Å². The Balaban J connectivity index is 4.49. The first-order valence-corrected chi connectivity index (χ1v) is 7.96. The summed E-state index contributed by atoms with van der Waals surface area (Å²) >= 11 is 0. The minimum Gasteiger partial charge on any atom is -0.748 e. The van der Waals surface area contributed by atoms with E-state index in [2.05, 4.69) is 11.9 Å². The van der Waals surface area contributed by atoms with Crippen molar-refractivity contribution in [2.24, 2.45) is 0 Å². The lowest BCUT2D eigenvalue weighted by Gasteiger charge is -2.37. The van der Waals surface area contributed by atoms with Crippen LogP contribution in [0.5, 0.6) is 0 Å². The van der Waals surface area contributed by atoms with Crippen LogP contribution in [0.15, 0.2) is 12.2 Å². The zero-order valence-corrected chi connectivity index (χ0v) is 12.8. The van der Waals surface area contributed by atoms with Crippen LogP contribution in [-0.4, -0.2) is 55.4 Å². The molecule has 0 rings (SSSR count). The molecule has 1 N–H and O–H groups in total. The molecule has 0 bridgehead atoms. The molecule has 0 saturated heterocycles. The van der Waals surface area contributed by atoms with E-state index in [9.17, 15) is 17.8 Å². The molecule has 0 heterocycles. The second kappa shape index (κ2) is 7.62. The van der Waals surface area contributed by atoms with Crippen molar-refractivity contribution in [2.75, 3.05) is 32.1 Å². The zero-order chi connectivity index (χ0) is 15.1. The summed E-state index contributed by atoms with van der Waals surface area (Å²) in [5, 5.41) is 2.78. The number of hydrogen-bond acceptors (Lipinski definition) is 4. The SMILES string of the molecule is C=C(C)C(=O)NC[N+](CC)(CC)CCCS(=O)(=O)[O-]. The number of carbonyl (C=O) groups is 1. The van der Waals surface area contributed by atoms with Gasteiger partial charge in [0.2, 0.25) is 0 Å². The molecule has 6 nitrogen and oxygen atoms in total. The van der Waals surface area contributed by atoms with Crippen molar-refractivity contribution in [3.63, 3.8) is 0 Å². The molecule has 0 aliphatic rings. The van der Waals surface area contributed by atoms with Gasteiger partial charge in [-0.25, -0.2) is 8.42 Å². The summed E-state index contributed by atoms with van der Waals surface area (Å²) in [6.45, 7) is 11.6. The van der Waals surface area contributed by atoms with Crippen molar-refractivity contribution in [1.29, 1.82) is 0 Å². The average Bonchev–Trinajstić information content (AvgIpc) is 2.31. The van der Waals surface area contributed by atoms with Crippen LogP contribution in [0.3, 0.4) is 0 Å². The molecular weight excluding hydrogens is 268 g/mol. The van der Waals surface area contributed by atoms with E-state index in [1.165, 1.54) is 0 Å². The summed E-state index contributed by atoms with van der Waals surface area (Å²) in [4.78, 5) is 11.5. The van der Waals surface area contributed by atoms with E-state index in [0.29, 0.717) is 29.7 Å². The summed E-state index contributed by atoms with van der Waals surface area (Å²) in [6, 6.07) is 0. The number of rotatable bonds is 9. The number of nitrogens with one attached hydrogen (secondary N) is 1. The summed E-state index contributed by atoms with van der Waals surface area (Å²) in [6.07, 6.45) is 0.302. The predicted octanol–water partition coefficient (Wildman–Crippen LogP) is 0.428. The van der Waals surface area contributed by atoms with Crippen molar-refractivity contribution in [1.82, 2.24) is 5.32 Å². The van der Waals surface area contributed by atoms with Gasteiger partial charge in [-0.3, -0.25) is 4.79 Å². The lowest BCUT2D eigenvalue weighted by atomic mass is 10.3. The Hall–Kier alpha value is -0.920. The molecule has 0 unspecified atom stereocenters. The van der Waals surface area contributed by atoms with Gasteiger partial charge in [0, 0.05) is 17.7 Å². The van der Waals surface area contributed by atoms with Crippen molar-refractivity contribution in [2.45, 2.75) is 27.2 Å². The minimum absolute atomic E-state index is 0.208. The Bertz CT molecular complexity index is 413. The fourth-order valence-electron chi connectivity index (χ4n) is 1.81. The van der Waals surface area contributed by atoms with Gasteiger partial charge in [-0.2, -0.15) is 0 Å². The number of amides is 1. The maximum absolute atomic E-state index is 11.5. The van der Waals surface area contributed by atoms with Gasteiger partial charge >= 0.3 is 0 Å². The third kappa shape index (κ3) is 7.29. The van der Waals surface area contributed by atoms with Gasteiger partial charge in [0.05, 0.1) is 29.8 Å². The lowest BCUT2D eigenvalue weighted by molar-refractivity contribution is -0.926. The highest BCUT2D eigenvalue weighted by Gasteiger charge is 2.23. The van der Waals surface area contributed by atoms with Crippen molar-refractivity contribution < 1.29 is 22.2 Å². The van der Waals surface area contributed by atoms with Gasteiger partial charge in [0.25, 0.3) is 5.91 Å². The zero-order valence-electron chi connectivity index (χ0n) is 11.9. The third-order valence-electron chi connectivity index (χ3n) is 3.33. The third-order valence-corrected chi connectivity index (χ3v) is 4.12. The molecule has 0 atom stereocenters. The Morgan fingerprint density at radius 1 is 1.32 bits per heavy atom. The topological polar surface area (TPSA) is 86.3 Å². The fourth-order valence-corrected chi connectivity index (χ4v) is 2.29. The summed E-state index contributed by atoms with van der Waals surface area (Å²) < 4.78 is 32.4. The quantitative estimate of drug-likeness (QED) is 0.289. The Labute approximate surface area is 115 Å². The van der Waals surface area contributed by atoms with Crippen LogP contribution < -0.4 is 5.32 Å². The molecule has 0 aromatic rings. The summed E-state index contributed by atoms with van der Waals surface area (Å²) in [5.74, 6) is -0.567. The number of quaternary nitrogens is 1. The van der Waals surface area contributed by atoms with Crippen LogP contribution in [0.1, 0.15) is 27.2 Å². The molecule has 0 aliphatic heterocycles. The first kappa shape index (κ1) is 18.1. The second-order valence-electron chi connectivity index (χ2n) is 4.76. The van der Waals surface area contributed by atoms with Crippen LogP contribution in [-0.2, 0) is 14.9 Å².